The Labute approximate surface area is 59.7 Å². The summed E-state index contributed by atoms with van der Waals surface area (Å²) in [5.74, 6) is 0. The van der Waals surface area contributed by atoms with Crippen molar-refractivity contribution in [1.29, 1.82) is 0 Å². The minimum atomic E-state index is -1.19. The molecule has 0 atom stereocenters. The van der Waals surface area contributed by atoms with Crippen LogP contribution in [0, 0.1) is 0 Å². The molecule has 8 heavy (non-hydrogen) atoms. The molecule has 0 saturated carbocycles. The first-order chi connectivity index (χ1) is 3.85. The molecule has 0 heterocycles. The first-order valence-electron chi connectivity index (χ1n) is 3.32. The van der Waals surface area contributed by atoms with Crippen molar-refractivity contribution in [2.75, 3.05) is 6.61 Å². The van der Waals surface area contributed by atoms with Crippen molar-refractivity contribution in [2.45, 2.75) is 29.6 Å². The fourth-order valence-electron chi connectivity index (χ4n) is 0.658. The van der Waals surface area contributed by atoms with E-state index in [-0.39, 0.29) is 0 Å². The Kier molecular flexibility index (Phi) is 6.45. The van der Waals surface area contributed by atoms with Gasteiger partial charge in [0.05, 0.1) is 0 Å². The van der Waals surface area contributed by atoms with Crippen molar-refractivity contribution in [3.63, 3.8) is 0 Å². The third-order valence-electron chi connectivity index (χ3n) is 1.14. The zero-order valence-electron chi connectivity index (χ0n) is 6.03. The summed E-state index contributed by atoms with van der Waals surface area (Å²) in [5, 5.41) is 0. The SMILES string of the molecule is CC[O][Sn]([CH2]C)[CH2]C. The Bertz CT molecular complexity index is 43.8. The quantitative estimate of drug-likeness (QED) is 0.661. The van der Waals surface area contributed by atoms with Gasteiger partial charge in [-0.1, -0.05) is 0 Å². The van der Waals surface area contributed by atoms with Crippen molar-refractivity contribution < 1.29 is 3.07 Å². The van der Waals surface area contributed by atoms with Crippen LogP contribution in [0.2, 0.25) is 8.87 Å². The molecule has 0 aliphatic rings. The van der Waals surface area contributed by atoms with Gasteiger partial charge in [0.2, 0.25) is 0 Å². The van der Waals surface area contributed by atoms with Crippen LogP contribution >= 0.6 is 0 Å². The average molecular weight is 222 g/mol. The number of rotatable bonds is 4. The van der Waals surface area contributed by atoms with Crippen molar-refractivity contribution in [3.05, 3.63) is 0 Å². The second-order valence-electron chi connectivity index (χ2n) is 1.68. The molecule has 0 aliphatic heterocycles. The zero-order valence-corrected chi connectivity index (χ0v) is 8.88. The van der Waals surface area contributed by atoms with Gasteiger partial charge in [0.25, 0.3) is 0 Å². The van der Waals surface area contributed by atoms with Crippen molar-refractivity contribution >= 4 is 20.2 Å². The van der Waals surface area contributed by atoms with E-state index in [0.29, 0.717) is 0 Å². The molecule has 1 radical (unpaired) electrons. The van der Waals surface area contributed by atoms with E-state index in [1.807, 2.05) is 0 Å². The summed E-state index contributed by atoms with van der Waals surface area (Å²) in [7, 11) is 0. The maximum absolute atomic E-state index is 5.54. The summed E-state index contributed by atoms with van der Waals surface area (Å²) in [6.45, 7) is 7.52. The van der Waals surface area contributed by atoms with Gasteiger partial charge >= 0.3 is 59.5 Å². The van der Waals surface area contributed by atoms with Crippen LogP contribution < -0.4 is 0 Å². The van der Waals surface area contributed by atoms with Crippen LogP contribution in [0.15, 0.2) is 0 Å². The standard InChI is InChI=1S/C2H5O.2C2H5.Sn/c1-2-3;2*1-2;/h2H2,1H3;2*1H2,2H3;/q-1;;;+1. The van der Waals surface area contributed by atoms with E-state index in [9.17, 15) is 0 Å². The molecular weight excluding hydrogens is 207 g/mol. The second-order valence-corrected chi connectivity index (χ2v) is 9.61. The summed E-state index contributed by atoms with van der Waals surface area (Å²) in [6, 6.07) is 0. The van der Waals surface area contributed by atoms with E-state index in [1.54, 1.807) is 0 Å². The Balaban J connectivity index is 3.07. The van der Waals surface area contributed by atoms with Crippen LogP contribution in [0.5, 0.6) is 0 Å². The van der Waals surface area contributed by atoms with Gasteiger partial charge in [0.1, 0.15) is 0 Å². The van der Waals surface area contributed by atoms with Gasteiger partial charge in [-0.2, -0.15) is 0 Å². The molecule has 49 valence electrons. The van der Waals surface area contributed by atoms with Crippen molar-refractivity contribution in [1.82, 2.24) is 0 Å². The third-order valence-corrected chi connectivity index (χ3v) is 7.63. The van der Waals surface area contributed by atoms with Crippen LogP contribution in [0.1, 0.15) is 20.8 Å². The second kappa shape index (κ2) is 5.89. The Morgan fingerprint density at radius 2 is 1.62 bits per heavy atom. The van der Waals surface area contributed by atoms with Crippen LogP contribution in [0.4, 0.5) is 0 Å². The molecule has 0 N–H and O–H groups in total. The van der Waals surface area contributed by atoms with Gasteiger partial charge in [-0.25, -0.2) is 0 Å². The summed E-state index contributed by atoms with van der Waals surface area (Å²) < 4.78 is 8.22. The molecule has 0 aromatic rings. The molecule has 0 amide bonds. The molecule has 1 nitrogen and oxygen atoms in total. The van der Waals surface area contributed by atoms with E-state index in [2.05, 4.69) is 20.8 Å². The van der Waals surface area contributed by atoms with Gasteiger partial charge in [-0.3, -0.25) is 0 Å². The van der Waals surface area contributed by atoms with Crippen LogP contribution in [0.25, 0.3) is 0 Å². The molecule has 0 fully saturated rings. The predicted molar refractivity (Wildman–Crippen MR) is 38.3 cm³/mol. The molecule has 0 aliphatic carbocycles. The van der Waals surface area contributed by atoms with Gasteiger partial charge in [-0.05, 0) is 0 Å². The average Bonchev–Trinajstić information content (AvgIpc) is 1.83. The van der Waals surface area contributed by atoms with Crippen LogP contribution in [-0.2, 0) is 3.07 Å². The number of hydrogen-bond donors (Lipinski definition) is 0. The summed E-state index contributed by atoms with van der Waals surface area (Å²) >= 11 is -1.19. The summed E-state index contributed by atoms with van der Waals surface area (Å²) in [6.07, 6.45) is 0. The molecule has 0 unspecified atom stereocenters. The first kappa shape index (κ1) is 8.76. The van der Waals surface area contributed by atoms with Gasteiger partial charge in [-0.15, -0.1) is 0 Å². The molecule has 0 bridgehead atoms. The van der Waals surface area contributed by atoms with Crippen LogP contribution in [0.3, 0.4) is 0 Å². The molecular formula is C6H15OSn. The van der Waals surface area contributed by atoms with Crippen molar-refractivity contribution in [3.8, 4) is 0 Å². The topological polar surface area (TPSA) is 9.23 Å². The summed E-state index contributed by atoms with van der Waals surface area (Å²) in [4.78, 5) is 0. The zero-order chi connectivity index (χ0) is 6.41. The van der Waals surface area contributed by atoms with Gasteiger partial charge in [0.15, 0.2) is 0 Å². The Morgan fingerprint density at radius 3 is 1.75 bits per heavy atom. The third kappa shape index (κ3) is 3.72. The van der Waals surface area contributed by atoms with E-state index in [4.69, 9.17) is 3.07 Å². The molecule has 0 spiro atoms. The number of hydrogen-bond acceptors (Lipinski definition) is 1. The van der Waals surface area contributed by atoms with E-state index >= 15 is 0 Å². The molecule has 0 saturated heterocycles. The molecule has 0 aromatic heterocycles. The van der Waals surface area contributed by atoms with E-state index in [1.165, 1.54) is 8.87 Å². The predicted octanol–water partition coefficient (Wildman–Crippen LogP) is 2.05. The fraction of sp³-hybridized carbons (Fsp3) is 1.00. The molecule has 0 rings (SSSR count). The molecule has 2 heteroatoms. The van der Waals surface area contributed by atoms with E-state index < -0.39 is 20.2 Å². The van der Waals surface area contributed by atoms with Crippen LogP contribution in [-0.4, -0.2) is 26.8 Å². The minimum absolute atomic E-state index is 0.941. The van der Waals surface area contributed by atoms with Gasteiger partial charge in [0, 0.05) is 0 Å². The van der Waals surface area contributed by atoms with E-state index in [0.717, 1.165) is 6.61 Å². The summed E-state index contributed by atoms with van der Waals surface area (Å²) in [5.41, 5.74) is 0. The van der Waals surface area contributed by atoms with Gasteiger partial charge < -0.3 is 0 Å². The maximum atomic E-state index is 5.54. The Morgan fingerprint density at radius 1 is 1.12 bits per heavy atom. The first-order valence-corrected chi connectivity index (χ1v) is 8.52. The monoisotopic (exact) mass is 223 g/mol. The fourth-order valence-corrected chi connectivity index (χ4v) is 4.42. The normalized spacial score (nSPS) is 10.5. The Hall–Kier alpha value is 0.759. The molecule has 0 aromatic carbocycles. The van der Waals surface area contributed by atoms with Crippen molar-refractivity contribution in [2.24, 2.45) is 0 Å².